The Morgan fingerprint density at radius 1 is 1.26 bits per heavy atom. The van der Waals surface area contributed by atoms with Gasteiger partial charge < -0.3 is 10.4 Å². The van der Waals surface area contributed by atoms with E-state index in [1.54, 1.807) is 24.7 Å². The van der Waals surface area contributed by atoms with Crippen LogP contribution >= 0.6 is 0 Å². The lowest BCUT2D eigenvalue weighted by Crippen LogP contribution is -2.44. The van der Waals surface area contributed by atoms with E-state index in [4.69, 9.17) is 5.11 Å². The lowest BCUT2D eigenvalue weighted by atomic mass is 10.0. The van der Waals surface area contributed by atoms with Crippen LogP contribution in [0.2, 0.25) is 0 Å². The molecule has 0 unspecified atom stereocenters. The molecule has 1 amide bonds. The van der Waals surface area contributed by atoms with Gasteiger partial charge in [-0.3, -0.25) is 4.79 Å². The van der Waals surface area contributed by atoms with Gasteiger partial charge in [0.15, 0.2) is 0 Å². The molecule has 122 valence electrons. The third-order valence-electron chi connectivity index (χ3n) is 3.55. The summed E-state index contributed by atoms with van der Waals surface area (Å²) in [6, 6.07) is 8.85. The van der Waals surface area contributed by atoms with Gasteiger partial charge >= 0.3 is 5.97 Å². The monoisotopic (exact) mass is 315 g/mol. The van der Waals surface area contributed by atoms with E-state index in [1.807, 2.05) is 36.5 Å². The van der Waals surface area contributed by atoms with E-state index in [9.17, 15) is 9.59 Å². The minimum Gasteiger partial charge on any atom is -0.480 e. The largest absolute Gasteiger partial charge is 0.480 e. The Morgan fingerprint density at radius 3 is 2.57 bits per heavy atom. The summed E-state index contributed by atoms with van der Waals surface area (Å²) in [4.78, 5) is 23.0. The van der Waals surface area contributed by atoms with E-state index < -0.39 is 12.0 Å². The Kier molecular flexibility index (Phi) is 5.51. The highest BCUT2D eigenvalue weighted by Gasteiger charge is 2.23. The van der Waals surface area contributed by atoms with Crippen molar-refractivity contribution in [1.29, 1.82) is 0 Å². The summed E-state index contributed by atoms with van der Waals surface area (Å²) >= 11 is 0. The van der Waals surface area contributed by atoms with Crippen molar-refractivity contribution in [3.8, 4) is 5.69 Å². The van der Waals surface area contributed by atoms with Gasteiger partial charge in [0.2, 0.25) is 5.91 Å². The highest BCUT2D eigenvalue weighted by atomic mass is 16.4. The zero-order chi connectivity index (χ0) is 16.8. The first-order valence-corrected chi connectivity index (χ1v) is 7.58. The van der Waals surface area contributed by atoms with Crippen molar-refractivity contribution >= 4 is 11.9 Å². The number of nitrogens with zero attached hydrogens (tertiary/aromatic N) is 2. The number of aromatic nitrogens is 2. The number of carboxylic acid groups (broad SMARTS) is 1. The number of amides is 1. The zero-order valence-corrected chi connectivity index (χ0v) is 13.3. The molecule has 0 bridgehead atoms. The Bertz CT molecular complexity index is 665. The molecule has 0 fully saturated rings. The molecule has 1 aromatic heterocycles. The van der Waals surface area contributed by atoms with Gasteiger partial charge in [-0.15, -0.1) is 0 Å². The maximum atomic E-state index is 11.9. The van der Waals surface area contributed by atoms with Crippen molar-refractivity contribution in [2.45, 2.75) is 32.7 Å². The molecule has 2 aromatic rings. The molecular formula is C17H21N3O3. The van der Waals surface area contributed by atoms with E-state index in [2.05, 4.69) is 10.4 Å². The van der Waals surface area contributed by atoms with E-state index >= 15 is 0 Å². The van der Waals surface area contributed by atoms with Gasteiger partial charge in [-0.1, -0.05) is 32.0 Å². The van der Waals surface area contributed by atoms with Crippen molar-refractivity contribution in [3.05, 3.63) is 48.3 Å². The molecule has 0 saturated carbocycles. The van der Waals surface area contributed by atoms with Crippen LogP contribution in [-0.2, 0) is 16.0 Å². The molecule has 6 heteroatoms. The fourth-order valence-corrected chi connectivity index (χ4v) is 2.23. The topological polar surface area (TPSA) is 84.2 Å². The van der Waals surface area contributed by atoms with Crippen LogP contribution in [0.5, 0.6) is 0 Å². The summed E-state index contributed by atoms with van der Waals surface area (Å²) in [6.07, 6.45) is 4.34. The molecule has 0 spiro atoms. The number of carbonyl (C=O) groups excluding carboxylic acids is 1. The van der Waals surface area contributed by atoms with Crippen LogP contribution in [0.25, 0.3) is 5.69 Å². The fraction of sp³-hybridized carbons (Fsp3) is 0.353. The number of hydrogen-bond acceptors (Lipinski definition) is 3. The second-order valence-corrected chi connectivity index (χ2v) is 5.76. The SMILES string of the molecule is CC(C)[C@@H](NC(=O)CCc1cnn(-c2ccccc2)c1)C(=O)O. The third-order valence-corrected chi connectivity index (χ3v) is 3.55. The number of rotatable bonds is 7. The molecule has 1 heterocycles. The number of aliphatic carboxylic acids is 1. The number of para-hydroxylation sites is 1. The molecule has 0 aliphatic carbocycles. The van der Waals surface area contributed by atoms with Gasteiger partial charge in [0, 0.05) is 12.6 Å². The van der Waals surface area contributed by atoms with E-state index in [-0.39, 0.29) is 18.2 Å². The van der Waals surface area contributed by atoms with Crippen LogP contribution in [0.1, 0.15) is 25.8 Å². The minimum atomic E-state index is -1.01. The first-order valence-electron chi connectivity index (χ1n) is 7.58. The summed E-state index contributed by atoms with van der Waals surface area (Å²) in [5, 5.41) is 15.9. The lowest BCUT2D eigenvalue weighted by molar-refractivity contribution is -0.143. The Hall–Kier alpha value is -2.63. The average Bonchev–Trinajstić information content (AvgIpc) is 3.00. The molecule has 0 radical (unpaired) electrons. The number of aryl methyl sites for hydroxylation is 1. The first-order chi connectivity index (χ1) is 11.0. The van der Waals surface area contributed by atoms with Crippen molar-refractivity contribution in [2.24, 2.45) is 5.92 Å². The molecule has 1 aromatic carbocycles. The van der Waals surface area contributed by atoms with Crippen LogP contribution in [0.3, 0.4) is 0 Å². The second kappa shape index (κ2) is 7.58. The molecule has 0 aliphatic heterocycles. The molecule has 2 rings (SSSR count). The Balaban J connectivity index is 1.90. The van der Waals surface area contributed by atoms with Crippen molar-refractivity contribution in [2.75, 3.05) is 0 Å². The van der Waals surface area contributed by atoms with Gasteiger partial charge in [-0.2, -0.15) is 5.10 Å². The number of carboxylic acids is 1. The first kappa shape index (κ1) is 16.7. The smallest absolute Gasteiger partial charge is 0.326 e. The van der Waals surface area contributed by atoms with Gasteiger partial charge in [0.25, 0.3) is 0 Å². The summed E-state index contributed by atoms with van der Waals surface area (Å²) in [5.41, 5.74) is 1.88. The quantitative estimate of drug-likeness (QED) is 0.819. The summed E-state index contributed by atoms with van der Waals surface area (Å²) in [5.74, 6) is -1.43. The Labute approximate surface area is 135 Å². The summed E-state index contributed by atoms with van der Waals surface area (Å²) in [6.45, 7) is 3.53. The highest BCUT2D eigenvalue weighted by molar-refractivity contribution is 5.83. The minimum absolute atomic E-state index is 0.155. The average molecular weight is 315 g/mol. The predicted octanol–water partition coefficient (Wildman–Crippen LogP) is 2.03. The normalized spacial score (nSPS) is 12.1. The second-order valence-electron chi connectivity index (χ2n) is 5.76. The molecule has 23 heavy (non-hydrogen) atoms. The molecule has 1 atom stereocenters. The number of benzene rings is 1. The van der Waals surface area contributed by atoms with Gasteiger partial charge in [0.05, 0.1) is 11.9 Å². The predicted molar refractivity (Wildman–Crippen MR) is 86.3 cm³/mol. The zero-order valence-electron chi connectivity index (χ0n) is 13.3. The number of hydrogen-bond donors (Lipinski definition) is 2. The van der Waals surface area contributed by atoms with Crippen LogP contribution in [-0.4, -0.2) is 32.8 Å². The summed E-state index contributed by atoms with van der Waals surface area (Å²) < 4.78 is 1.75. The molecular weight excluding hydrogens is 294 g/mol. The van der Waals surface area contributed by atoms with Crippen LogP contribution in [0.15, 0.2) is 42.7 Å². The van der Waals surface area contributed by atoms with E-state index in [0.717, 1.165) is 11.3 Å². The molecule has 2 N–H and O–H groups in total. The van der Waals surface area contributed by atoms with Crippen LogP contribution < -0.4 is 5.32 Å². The maximum Gasteiger partial charge on any atom is 0.326 e. The van der Waals surface area contributed by atoms with Gasteiger partial charge in [0.1, 0.15) is 6.04 Å². The number of carbonyl (C=O) groups is 2. The van der Waals surface area contributed by atoms with E-state index in [0.29, 0.717) is 6.42 Å². The molecule has 0 saturated heterocycles. The van der Waals surface area contributed by atoms with Crippen molar-refractivity contribution < 1.29 is 14.7 Å². The van der Waals surface area contributed by atoms with Crippen molar-refractivity contribution in [1.82, 2.24) is 15.1 Å². The Morgan fingerprint density at radius 2 is 1.96 bits per heavy atom. The van der Waals surface area contributed by atoms with Crippen LogP contribution in [0, 0.1) is 5.92 Å². The molecule has 6 nitrogen and oxygen atoms in total. The lowest BCUT2D eigenvalue weighted by Gasteiger charge is -2.17. The van der Waals surface area contributed by atoms with Crippen LogP contribution in [0.4, 0.5) is 0 Å². The van der Waals surface area contributed by atoms with E-state index in [1.165, 1.54) is 0 Å². The van der Waals surface area contributed by atoms with Gasteiger partial charge in [-0.25, -0.2) is 9.48 Å². The highest BCUT2D eigenvalue weighted by Crippen LogP contribution is 2.09. The number of nitrogens with one attached hydrogen (secondary N) is 1. The maximum absolute atomic E-state index is 11.9. The standard InChI is InChI=1S/C17H21N3O3/c1-12(2)16(17(22)23)19-15(21)9-8-13-10-18-20(11-13)14-6-4-3-5-7-14/h3-7,10-12,16H,8-9H2,1-2H3,(H,19,21)(H,22,23)/t16-/m1/s1. The fourth-order valence-electron chi connectivity index (χ4n) is 2.23. The molecule has 0 aliphatic rings. The summed E-state index contributed by atoms with van der Waals surface area (Å²) in [7, 11) is 0. The van der Waals surface area contributed by atoms with Gasteiger partial charge in [-0.05, 0) is 30.0 Å². The third kappa shape index (κ3) is 4.67. The van der Waals surface area contributed by atoms with Crippen molar-refractivity contribution in [3.63, 3.8) is 0 Å².